The van der Waals surface area contributed by atoms with Crippen LogP contribution in [0.2, 0.25) is 5.15 Å². The van der Waals surface area contributed by atoms with Crippen LogP contribution >= 0.6 is 11.6 Å². The summed E-state index contributed by atoms with van der Waals surface area (Å²) in [5, 5.41) is 12.8. The lowest BCUT2D eigenvalue weighted by Crippen LogP contribution is -2.50. The zero-order chi connectivity index (χ0) is 33.4. The highest BCUT2D eigenvalue weighted by molar-refractivity contribution is 6.29. The third-order valence-corrected chi connectivity index (χ3v) is 6.12. The molecular formula is C25H11BClF11N4O2. The van der Waals surface area contributed by atoms with Crippen molar-refractivity contribution in [3.05, 3.63) is 86.9 Å². The Morgan fingerprint density at radius 3 is 1.95 bits per heavy atom. The molecule has 0 aliphatic rings. The fraction of sp³-hybridized carbons (Fsp3) is 0.200. The lowest BCUT2D eigenvalue weighted by molar-refractivity contribution is -0.348. The topological polar surface area (TPSA) is 94.9 Å². The average molecular weight is 655 g/mol. The van der Waals surface area contributed by atoms with Gasteiger partial charge in [0.05, 0.1) is 41.5 Å². The SMILES string of the molecule is [B]Cc1cc(C(F)(C(F)(F)F)C(F)(F)F)cc(C(F)(F)F)c1NC(=O)c1ccc(C#N)c(NC(=O)c2ccc(Cl)nc2)c1F. The van der Waals surface area contributed by atoms with Crippen LogP contribution in [-0.2, 0) is 18.2 Å². The molecule has 0 aliphatic carbocycles. The first kappa shape index (κ1) is 34.1. The van der Waals surface area contributed by atoms with Gasteiger partial charge in [0.2, 0.25) is 0 Å². The second-order valence-electron chi connectivity index (χ2n) is 8.65. The normalized spacial score (nSPS) is 12.4. The minimum atomic E-state index is -6.78. The van der Waals surface area contributed by atoms with Gasteiger partial charge in [0, 0.05) is 11.8 Å². The summed E-state index contributed by atoms with van der Waals surface area (Å²) in [5.41, 5.74) is -16.8. The Kier molecular flexibility index (Phi) is 9.26. The number of nitriles is 1. The quantitative estimate of drug-likeness (QED) is 0.167. The summed E-state index contributed by atoms with van der Waals surface area (Å²) in [6, 6.07) is 4.11. The number of carbonyl (C=O) groups excluding carboxylic acids is 2. The van der Waals surface area contributed by atoms with E-state index in [1.54, 1.807) is 0 Å². The summed E-state index contributed by atoms with van der Waals surface area (Å²) in [7, 11) is 5.24. The standard InChI is InChI=1S/C25H11BClF11N4O2/c26-7-12-5-13(22(29,24(33,34)35)25(36,37)38)6-15(23(30,31)32)18(12)41-21(44)14-3-1-10(8-39)19(17(14)28)42-20(43)11-2-4-16(27)40-9-11/h1-6,9H,7H2,(H,41,44)(H,42,43). The van der Waals surface area contributed by atoms with Crippen molar-refractivity contribution in [2.24, 2.45) is 0 Å². The van der Waals surface area contributed by atoms with Crippen molar-refractivity contribution in [1.29, 1.82) is 5.26 Å². The number of rotatable bonds is 6. The number of pyridine rings is 1. The molecule has 2 amide bonds. The van der Waals surface area contributed by atoms with Gasteiger partial charge in [-0.1, -0.05) is 24.0 Å². The molecule has 0 atom stereocenters. The van der Waals surface area contributed by atoms with Gasteiger partial charge in [0.1, 0.15) is 11.2 Å². The van der Waals surface area contributed by atoms with Crippen LogP contribution < -0.4 is 10.6 Å². The predicted molar refractivity (Wildman–Crippen MR) is 132 cm³/mol. The van der Waals surface area contributed by atoms with Crippen LogP contribution in [0.3, 0.4) is 0 Å². The number of anilines is 2. The number of amides is 2. The van der Waals surface area contributed by atoms with Gasteiger partial charge in [-0.15, -0.1) is 0 Å². The van der Waals surface area contributed by atoms with Crippen molar-refractivity contribution in [3.63, 3.8) is 0 Å². The lowest BCUT2D eigenvalue weighted by atomic mass is 9.85. The molecule has 2 N–H and O–H groups in total. The molecule has 0 saturated carbocycles. The first-order chi connectivity index (χ1) is 20.2. The molecule has 0 bridgehead atoms. The zero-order valence-electron chi connectivity index (χ0n) is 21.1. The Labute approximate surface area is 245 Å². The van der Waals surface area contributed by atoms with E-state index < -0.39 is 93.4 Å². The average Bonchev–Trinajstić information content (AvgIpc) is 2.91. The van der Waals surface area contributed by atoms with Gasteiger partial charge in [-0.05, 0) is 35.9 Å². The molecule has 1 aromatic heterocycles. The van der Waals surface area contributed by atoms with Crippen molar-refractivity contribution in [3.8, 4) is 6.07 Å². The largest absolute Gasteiger partial charge is 0.435 e. The molecule has 44 heavy (non-hydrogen) atoms. The molecule has 1 heterocycles. The van der Waals surface area contributed by atoms with Crippen molar-refractivity contribution in [2.45, 2.75) is 30.5 Å². The van der Waals surface area contributed by atoms with Gasteiger partial charge in [0.15, 0.2) is 5.82 Å². The summed E-state index contributed by atoms with van der Waals surface area (Å²) in [4.78, 5) is 29.0. The smallest absolute Gasteiger partial charge is 0.321 e. The number of nitrogens with zero attached hydrogens (tertiary/aromatic N) is 2. The summed E-state index contributed by atoms with van der Waals surface area (Å²) >= 11 is 5.62. The van der Waals surface area contributed by atoms with Crippen LogP contribution in [0.1, 0.15) is 43.0 Å². The monoisotopic (exact) mass is 654 g/mol. The molecular weight excluding hydrogens is 644 g/mol. The van der Waals surface area contributed by atoms with E-state index in [9.17, 15) is 58.8 Å². The molecule has 0 fully saturated rings. The van der Waals surface area contributed by atoms with E-state index in [0.717, 1.165) is 18.3 Å². The van der Waals surface area contributed by atoms with Crippen LogP contribution in [0, 0.1) is 17.1 Å². The highest BCUT2D eigenvalue weighted by Gasteiger charge is 2.73. The fourth-order valence-corrected chi connectivity index (χ4v) is 3.88. The van der Waals surface area contributed by atoms with Crippen LogP contribution in [-0.4, -0.2) is 37.0 Å². The third kappa shape index (κ3) is 6.42. The first-order valence-electron chi connectivity index (χ1n) is 11.4. The summed E-state index contributed by atoms with van der Waals surface area (Å²) in [5.74, 6) is -4.53. The maximum absolute atomic E-state index is 15.4. The number of halogens is 12. The van der Waals surface area contributed by atoms with Crippen molar-refractivity contribution in [1.82, 2.24) is 4.98 Å². The van der Waals surface area contributed by atoms with E-state index in [1.807, 2.05) is 5.32 Å². The number of alkyl halides is 10. The van der Waals surface area contributed by atoms with Gasteiger partial charge in [0.25, 0.3) is 11.8 Å². The highest BCUT2D eigenvalue weighted by atomic mass is 35.5. The van der Waals surface area contributed by atoms with Gasteiger partial charge >= 0.3 is 24.2 Å². The number of carbonyl (C=O) groups is 2. The maximum atomic E-state index is 15.4. The zero-order valence-corrected chi connectivity index (χ0v) is 21.8. The molecule has 2 aromatic carbocycles. The Hall–Kier alpha value is -4.40. The molecule has 3 rings (SSSR count). The Balaban J connectivity index is 2.14. The minimum absolute atomic E-state index is 0.0266. The van der Waals surface area contributed by atoms with E-state index in [4.69, 9.17) is 19.4 Å². The van der Waals surface area contributed by atoms with Gasteiger partial charge < -0.3 is 10.6 Å². The first-order valence-corrected chi connectivity index (χ1v) is 11.8. The Bertz CT molecular complexity index is 1640. The Morgan fingerprint density at radius 1 is 0.886 bits per heavy atom. The Morgan fingerprint density at radius 2 is 1.48 bits per heavy atom. The number of aromatic nitrogens is 1. The second-order valence-corrected chi connectivity index (χ2v) is 9.04. The molecule has 3 aromatic rings. The summed E-state index contributed by atoms with van der Waals surface area (Å²) < 4.78 is 151. The van der Waals surface area contributed by atoms with Crippen molar-refractivity contribution in [2.75, 3.05) is 10.6 Å². The summed E-state index contributed by atoms with van der Waals surface area (Å²) in [6.07, 6.45) is -19.7. The molecule has 19 heteroatoms. The fourth-order valence-electron chi connectivity index (χ4n) is 3.76. The number of nitrogens with one attached hydrogen (secondary N) is 2. The minimum Gasteiger partial charge on any atom is -0.321 e. The molecule has 0 unspecified atom stereocenters. The molecule has 0 aliphatic heterocycles. The van der Waals surface area contributed by atoms with E-state index in [-0.39, 0.29) is 16.8 Å². The van der Waals surface area contributed by atoms with E-state index >= 15 is 4.39 Å². The van der Waals surface area contributed by atoms with Crippen LogP contribution in [0.5, 0.6) is 0 Å². The van der Waals surface area contributed by atoms with Gasteiger partial charge in [-0.2, -0.15) is 44.8 Å². The van der Waals surface area contributed by atoms with E-state index in [0.29, 0.717) is 6.07 Å². The molecule has 0 spiro atoms. The van der Waals surface area contributed by atoms with E-state index in [2.05, 4.69) is 4.98 Å². The molecule has 2 radical (unpaired) electrons. The number of hydrogen-bond acceptors (Lipinski definition) is 4. The van der Waals surface area contributed by atoms with Crippen LogP contribution in [0.25, 0.3) is 0 Å². The third-order valence-electron chi connectivity index (χ3n) is 5.90. The van der Waals surface area contributed by atoms with Crippen LogP contribution in [0.15, 0.2) is 42.6 Å². The van der Waals surface area contributed by atoms with Crippen molar-refractivity contribution < 1.29 is 57.9 Å². The molecule has 6 nitrogen and oxygen atoms in total. The number of hydrogen-bond donors (Lipinski definition) is 2. The second kappa shape index (κ2) is 11.9. The van der Waals surface area contributed by atoms with Gasteiger partial charge in [-0.3, -0.25) is 9.59 Å². The number of benzene rings is 2. The van der Waals surface area contributed by atoms with Crippen molar-refractivity contribution >= 4 is 42.6 Å². The highest BCUT2D eigenvalue weighted by Crippen LogP contribution is 2.54. The summed E-state index contributed by atoms with van der Waals surface area (Å²) in [6.45, 7) is 0. The van der Waals surface area contributed by atoms with Gasteiger partial charge in [-0.25, -0.2) is 13.8 Å². The predicted octanol–water partition coefficient (Wildman–Crippen LogP) is 7.23. The molecule has 230 valence electrons. The lowest BCUT2D eigenvalue weighted by Gasteiger charge is -2.32. The molecule has 0 saturated heterocycles. The maximum Gasteiger partial charge on any atom is 0.435 e. The van der Waals surface area contributed by atoms with Crippen LogP contribution in [0.4, 0.5) is 59.7 Å². The van der Waals surface area contributed by atoms with E-state index in [1.165, 1.54) is 17.5 Å².